The van der Waals surface area contributed by atoms with Crippen molar-refractivity contribution in [3.05, 3.63) is 60.2 Å². The summed E-state index contributed by atoms with van der Waals surface area (Å²) in [4.78, 5) is 12.4. The van der Waals surface area contributed by atoms with Crippen molar-refractivity contribution in [3.63, 3.8) is 0 Å². The van der Waals surface area contributed by atoms with E-state index >= 15 is 0 Å². The number of carbonyl (C=O) groups excluding carboxylic acids is 1. The molecule has 2 aromatic heterocycles. The van der Waals surface area contributed by atoms with Gasteiger partial charge in [-0.25, -0.2) is 4.68 Å². The van der Waals surface area contributed by atoms with Crippen LogP contribution in [0.1, 0.15) is 34.8 Å². The second-order valence-corrected chi connectivity index (χ2v) is 6.37. The Morgan fingerprint density at radius 2 is 2.04 bits per heavy atom. The number of phenolic OH excluding ortho intramolecular Hbond substituents is 1. The molecule has 0 aliphatic carbocycles. The Labute approximate surface area is 156 Å². The number of furan rings is 1. The van der Waals surface area contributed by atoms with Crippen molar-refractivity contribution in [1.82, 2.24) is 9.78 Å². The summed E-state index contributed by atoms with van der Waals surface area (Å²) in [5, 5.41) is 18.6. The van der Waals surface area contributed by atoms with Crippen molar-refractivity contribution < 1.29 is 27.5 Å². The molecule has 0 saturated heterocycles. The molecule has 0 unspecified atom stereocenters. The molecule has 3 N–H and O–H groups in total. The molecule has 1 amide bonds. The Balaban J connectivity index is 1.63. The largest absolute Gasteiger partial charge is 0.508 e. The van der Waals surface area contributed by atoms with Gasteiger partial charge in [0, 0.05) is 18.2 Å². The highest BCUT2D eigenvalue weighted by Gasteiger charge is 2.47. The van der Waals surface area contributed by atoms with Gasteiger partial charge in [-0.3, -0.25) is 4.79 Å². The van der Waals surface area contributed by atoms with Crippen LogP contribution in [-0.4, -0.2) is 27.0 Å². The molecule has 2 atom stereocenters. The van der Waals surface area contributed by atoms with E-state index in [4.69, 9.17) is 4.42 Å². The number of nitrogens with one attached hydrogen (secondary N) is 2. The molecule has 1 aliphatic rings. The maximum Gasteiger partial charge on any atom is 0.410 e. The molecule has 3 aromatic rings. The van der Waals surface area contributed by atoms with Crippen LogP contribution in [-0.2, 0) is 0 Å². The lowest BCUT2D eigenvalue weighted by Crippen LogP contribution is -2.35. The molecule has 10 heteroatoms. The van der Waals surface area contributed by atoms with Gasteiger partial charge >= 0.3 is 6.18 Å². The van der Waals surface area contributed by atoms with Gasteiger partial charge in [0.05, 0.1) is 12.3 Å². The molecule has 0 radical (unpaired) electrons. The van der Waals surface area contributed by atoms with Crippen molar-refractivity contribution in [3.8, 4) is 5.75 Å². The van der Waals surface area contributed by atoms with E-state index in [2.05, 4.69) is 15.7 Å². The first kappa shape index (κ1) is 18.0. The lowest BCUT2D eigenvalue weighted by Gasteiger charge is -2.32. The van der Waals surface area contributed by atoms with E-state index in [9.17, 15) is 23.1 Å². The number of amides is 1. The summed E-state index contributed by atoms with van der Waals surface area (Å²) in [5.41, 5.74) is 0.215. The van der Waals surface area contributed by atoms with Gasteiger partial charge < -0.3 is 20.2 Å². The summed E-state index contributed by atoms with van der Waals surface area (Å²) < 4.78 is 46.8. The summed E-state index contributed by atoms with van der Waals surface area (Å²) in [6.07, 6.45) is -3.47. The molecule has 7 nitrogen and oxygen atoms in total. The van der Waals surface area contributed by atoms with Gasteiger partial charge in [-0.15, -0.1) is 0 Å². The number of halogens is 3. The Hall–Kier alpha value is -3.43. The maximum atomic E-state index is 13.6. The molecular weight excluding hydrogens is 377 g/mol. The first-order valence-electron chi connectivity index (χ1n) is 8.38. The van der Waals surface area contributed by atoms with Gasteiger partial charge in [0.15, 0.2) is 11.7 Å². The van der Waals surface area contributed by atoms with Gasteiger partial charge in [-0.1, -0.05) is 0 Å². The van der Waals surface area contributed by atoms with Crippen molar-refractivity contribution in [1.29, 1.82) is 0 Å². The number of rotatable bonds is 3. The van der Waals surface area contributed by atoms with Crippen LogP contribution in [0.2, 0.25) is 0 Å². The number of carbonyl (C=O) groups is 1. The lowest BCUT2D eigenvalue weighted by atomic mass is 10.0. The third-order valence-corrected chi connectivity index (χ3v) is 4.43. The average Bonchev–Trinajstić information content (AvgIpc) is 3.31. The standard InChI is InChI=1S/C18H15F3N4O3/c19-18(20,21)15-8-12(14-2-1-7-28-14)23-16-9-13(24-25(15)16)17(27)22-10-3-5-11(26)6-4-10/h1-7,9,12,15,23,26H,8H2,(H,22,27)/t12-,15-/m1/s1. The van der Waals surface area contributed by atoms with Gasteiger partial charge in [-0.05, 0) is 36.4 Å². The summed E-state index contributed by atoms with van der Waals surface area (Å²) in [6.45, 7) is 0. The molecule has 0 bridgehead atoms. The molecule has 0 fully saturated rings. The number of fused-ring (bicyclic) bond motifs is 1. The van der Waals surface area contributed by atoms with Crippen LogP contribution in [0.3, 0.4) is 0 Å². The number of aromatic hydroxyl groups is 1. The minimum absolute atomic E-state index is 0.0247. The fourth-order valence-electron chi connectivity index (χ4n) is 3.10. The Morgan fingerprint density at radius 3 is 2.68 bits per heavy atom. The lowest BCUT2D eigenvalue weighted by molar-refractivity contribution is -0.174. The molecule has 146 valence electrons. The molecular formula is C18H15F3N4O3. The number of benzene rings is 1. The highest BCUT2D eigenvalue weighted by atomic mass is 19.4. The number of nitrogens with zero attached hydrogens (tertiary/aromatic N) is 2. The summed E-state index contributed by atoms with van der Waals surface area (Å²) in [7, 11) is 0. The summed E-state index contributed by atoms with van der Waals surface area (Å²) >= 11 is 0. The highest BCUT2D eigenvalue weighted by molar-refractivity contribution is 6.03. The van der Waals surface area contributed by atoms with Crippen LogP contribution in [0.15, 0.2) is 53.1 Å². The van der Waals surface area contributed by atoms with Crippen LogP contribution < -0.4 is 10.6 Å². The molecule has 1 aliphatic heterocycles. The predicted octanol–water partition coefficient (Wildman–Crippen LogP) is 4.09. The van der Waals surface area contributed by atoms with Gasteiger partial charge in [0.1, 0.15) is 17.3 Å². The zero-order valence-electron chi connectivity index (χ0n) is 14.3. The SMILES string of the molecule is O=C(Nc1ccc(O)cc1)c1cc2n(n1)[C@@H](C(F)(F)F)C[C@H](c1ccco1)N2. The second-order valence-electron chi connectivity index (χ2n) is 6.37. The minimum atomic E-state index is -4.54. The highest BCUT2D eigenvalue weighted by Crippen LogP contribution is 2.43. The van der Waals surface area contributed by atoms with E-state index in [0.29, 0.717) is 11.4 Å². The van der Waals surface area contributed by atoms with E-state index < -0.39 is 24.2 Å². The predicted molar refractivity (Wildman–Crippen MR) is 93.1 cm³/mol. The van der Waals surface area contributed by atoms with Crippen LogP contribution in [0.5, 0.6) is 5.75 Å². The quantitative estimate of drug-likeness (QED) is 0.584. The molecule has 1 aromatic carbocycles. The number of hydrogen-bond acceptors (Lipinski definition) is 5. The van der Waals surface area contributed by atoms with Gasteiger partial charge in [0.2, 0.25) is 0 Å². The number of anilines is 2. The van der Waals surface area contributed by atoms with Gasteiger partial charge in [0.25, 0.3) is 5.91 Å². The van der Waals surface area contributed by atoms with Crippen LogP contribution in [0, 0.1) is 0 Å². The fourth-order valence-corrected chi connectivity index (χ4v) is 3.10. The Bertz CT molecular complexity index is 981. The van der Waals surface area contributed by atoms with E-state index in [1.165, 1.54) is 36.6 Å². The van der Waals surface area contributed by atoms with Crippen LogP contribution in [0.25, 0.3) is 0 Å². The zero-order chi connectivity index (χ0) is 19.9. The number of phenols is 1. The maximum absolute atomic E-state index is 13.6. The molecule has 4 rings (SSSR count). The normalized spacial score (nSPS) is 19.0. The average molecular weight is 392 g/mol. The van der Waals surface area contributed by atoms with Crippen molar-refractivity contribution in [2.75, 3.05) is 10.6 Å². The van der Waals surface area contributed by atoms with E-state index in [-0.39, 0.29) is 23.7 Å². The minimum Gasteiger partial charge on any atom is -0.508 e. The Kier molecular flexibility index (Phi) is 4.25. The van der Waals surface area contributed by atoms with Crippen molar-refractivity contribution >= 4 is 17.4 Å². The van der Waals surface area contributed by atoms with E-state index in [0.717, 1.165) is 4.68 Å². The molecule has 3 heterocycles. The third-order valence-electron chi connectivity index (χ3n) is 4.43. The van der Waals surface area contributed by atoms with Gasteiger partial charge in [-0.2, -0.15) is 18.3 Å². The first-order valence-corrected chi connectivity index (χ1v) is 8.38. The van der Waals surface area contributed by atoms with Crippen molar-refractivity contribution in [2.45, 2.75) is 24.7 Å². The molecule has 0 spiro atoms. The second kappa shape index (κ2) is 6.63. The monoisotopic (exact) mass is 392 g/mol. The smallest absolute Gasteiger partial charge is 0.410 e. The van der Waals surface area contributed by atoms with Crippen molar-refractivity contribution in [2.24, 2.45) is 0 Å². The fraction of sp³-hybridized carbons (Fsp3) is 0.222. The number of alkyl halides is 3. The number of aromatic nitrogens is 2. The first-order chi connectivity index (χ1) is 13.3. The van der Waals surface area contributed by atoms with Crippen LogP contribution >= 0.6 is 0 Å². The zero-order valence-corrected chi connectivity index (χ0v) is 14.3. The van der Waals surface area contributed by atoms with E-state index in [1.54, 1.807) is 12.1 Å². The number of hydrogen-bond donors (Lipinski definition) is 3. The molecule has 28 heavy (non-hydrogen) atoms. The third kappa shape index (κ3) is 3.40. The van der Waals surface area contributed by atoms with E-state index in [1.807, 2.05) is 0 Å². The summed E-state index contributed by atoms with van der Waals surface area (Å²) in [6, 6.07) is 7.56. The molecule has 0 saturated carbocycles. The topological polar surface area (TPSA) is 92.3 Å². The van der Waals surface area contributed by atoms with Crippen LogP contribution in [0.4, 0.5) is 24.7 Å². The Morgan fingerprint density at radius 1 is 1.29 bits per heavy atom. The summed E-state index contributed by atoms with van der Waals surface area (Å²) in [5.74, 6) is -0.191.